The molecule has 4 aromatic carbocycles. The molecule has 0 atom stereocenters. The highest BCUT2D eigenvalue weighted by atomic mass is 16.5. The van der Waals surface area contributed by atoms with E-state index in [1.54, 1.807) is 26.4 Å². The van der Waals surface area contributed by atoms with Gasteiger partial charge >= 0.3 is 0 Å². The Kier molecular flexibility index (Phi) is 3.05. The van der Waals surface area contributed by atoms with E-state index >= 15 is 0 Å². The zero-order valence-electron chi connectivity index (χ0n) is 15.6. The Morgan fingerprint density at radius 2 is 1.12 bits per heavy atom. The maximum absolute atomic E-state index is 8.50. The lowest BCUT2D eigenvalue weighted by Crippen LogP contribution is -1.87. The summed E-state index contributed by atoms with van der Waals surface area (Å²) in [6.45, 7) is 0. The fourth-order valence-corrected chi connectivity index (χ4v) is 3.07. The third kappa shape index (κ3) is 2.37. The van der Waals surface area contributed by atoms with Crippen molar-refractivity contribution in [2.75, 3.05) is 14.2 Å². The molecule has 0 bridgehead atoms. The third-order valence-corrected chi connectivity index (χ3v) is 4.29. The van der Waals surface area contributed by atoms with Crippen LogP contribution in [0.4, 0.5) is 0 Å². The van der Waals surface area contributed by atoms with Crippen molar-refractivity contribution >= 4 is 21.5 Å². The van der Waals surface area contributed by atoms with Gasteiger partial charge in [0.1, 0.15) is 11.5 Å². The molecule has 0 radical (unpaired) electrons. The van der Waals surface area contributed by atoms with Gasteiger partial charge in [-0.15, -0.1) is 0 Å². The zero-order valence-corrected chi connectivity index (χ0v) is 13.6. The molecule has 0 spiro atoms. The first-order valence-electron chi connectivity index (χ1n) is 8.77. The second kappa shape index (κ2) is 5.89. The highest BCUT2D eigenvalue weighted by Crippen LogP contribution is 2.36. The quantitative estimate of drug-likeness (QED) is 0.484. The first-order chi connectivity index (χ1) is 12.6. The predicted octanol–water partition coefficient (Wildman–Crippen LogP) is 5.68. The van der Waals surface area contributed by atoms with Crippen LogP contribution in [0.3, 0.4) is 0 Å². The monoisotopic (exact) mass is 316 g/mol. The predicted molar refractivity (Wildman–Crippen MR) is 100.0 cm³/mol. The molecule has 0 N–H and O–H groups in total. The maximum Gasteiger partial charge on any atom is 0.119 e. The van der Waals surface area contributed by atoms with Crippen LogP contribution in [0.25, 0.3) is 32.7 Å². The van der Waals surface area contributed by atoms with Gasteiger partial charge in [-0.2, -0.15) is 0 Å². The molecule has 0 unspecified atom stereocenters. The van der Waals surface area contributed by atoms with Gasteiger partial charge in [-0.05, 0) is 56.9 Å². The summed E-state index contributed by atoms with van der Waals surface area (Å²) in [6.07, 6.45) is 0. The lowest BCUT2D eigenvalue weighted by Gasteiger charge is -2.12. The van der Waals surface area contributed by atoms with E-state index in [-0.39, 0.29) is 0 Å². The molecule has 0 aromatic heterocycles. The van der Waals surface area contributed by atoms with E-state index in [0.29, 0.717) is 12.1 Å². The molecular formula is C22H18O2. The summed E-state index contributed by atoms with van der Waals surface area (Å²) in [6, 6.07) is 19.8. The van der Waals surface area contributed by atoms with Gasteiger partial charge in [0.2, 0.25) is 0 Å². The van der Waals surface area contributed by atoms with Crippen LogP contribution in [-0.4, -0.2) is 14.2 Å². The van der Waals surface area contributed by atoms with Gasteiger partial charge < -0.3 is 9.47 Å². The Morgan fingerprint density at radius 3 is 1.54 bits per heavy atom. The van der Waals surface area contributed by atoms with Gasteiger partial charge in [0.25, 0.3) is 0 Å². The van der Waals surface area contributed by atoms with Crippen molar-refractivity contribution in [1.29, 1.82) is 0 Å². The van der Waals surface area contributed by atoms with Crippen molar-refractivity contribution in [2.24, 2.45) is 0 Å². The SMILES string of the molecule is [2H]c1ccc2cc(OC)ccc2c1-c1c([2H])ccc2cc(OC)ccc12. The minimum atomic E-state index is 0.402. The van der Waals surface area contributed by atoms with E-state index in [1.165, 1.54) is 0 Å². The van der Waals surface area contributed by atoms with Gasteiger partial charge in [0.05, 0.1) is 17.0 Å². The molecule has 0 amide bonds. The third-order valence-electron chi connectivity index (χ3n) is 4.29. The summed E-state index contributed by atoms with van der Waals surface area (Å²) < 4.78 is 27.6. The molecule has 0 aliphatic carbocycles. The summed E-state index contributed by atoms with van der Waals surface area (Å²) >= 11 is 0. The van der Waals surface area contributed by atoms with Crippen molar-refractivity contribution < 1.29 is 12.2 Å². The van der Waals surface area contributed by atoms with Crippen molar-refractivity contribution in [3.8, 4) is 22.6 Å². The van der Waals surface area contributed by atoms with Crippen LogP contribution in [0.15, 0.2) is 72.7 Å². The number of ether oxygens (including phenoxy) is 2. The molecule has 2 heteroatoms. The zero-order chi connectivity index (χ0) is 18.3. The summed E-state index contributed by atoms with van der Waals surface area (Å²) in [5.74, 6) is 1.55. The van der Waals surface area contributed by atoms with Gasteiger partial charge in [0, 0.05) is 0 Å². The van der Waals surface area contributed by atoms with E-state index in [1.807, 2.05) is 48.5 Å². The Morgan fingerprint density at radius 1 is 0.667 bits per heavy atom. The lowest BCUT2D eigenvalue weighted by molar-refractivity contribution is 0.415. The number of hydrogen-bond acceptors (Lipinski definition) is 2. The smallest absolute Gasteiger partial charge is 0.119 e. The fourth-order valence-electron chi connectivity index (χ4n) is 3.07. The number of methoxy groups -OCH3 is 2. The van der Waals surface area contributed by atoms with Crippen LogP contribution in [0.2, 0.25) is 0 Å². The second-order valence-electron chi connectivity index (χ2n) is 5.61. The van der Waals surface area contributed by atoms with E-state index < -0.39 is 0 Å². The van der Waals surface area contributed by atoms with Crippen molar-refractivity contribution in [2.45, 2.75) is 0 Å². The van der Waals surface area contributed by atoms with Gasteiger partial charge in [-0.1, -0.05) is 48.5 Å². The first kappa shape index (κ1) is 12.4. The summed E-state index contributed by atoms with van der Waals surface area (Å²) in [5.41, 5.74) is 1.54. The molecule has 2 nitrogen and oxygen atoms in total. The molecule has 4 rings (SSSR count). The van der Waals surface area contributed by atoms with Crippen LogP contribution in [-0.2, 0) is 0 Å². The summed E-state index contributed by atoms with van der Waals surface area (Å²) in [5, 5.41) is 3.85. The largest absolute Gasteiger partial charge is 0.497 e. The number of benzene rings is 4. The molecule has 0 saturated carbocycles. The topological polar surface area (TPSA) is 18.5 Å². The average Bonchev–Trinajstić information content (AvgIpc) is 2.68. The molecule has 0 aliphatic rings. The van der Waals surface area contributed by atoms with E-state index in [0.717, 1.165) is 44.2 Å². The van der Waals surface area contributed by atoms with Crippen LogP contribution in [0.1, 0.15) is 2.74 Å². The molecular weight excluding hydrogens is 296 g/mol. The average molecular weight is 316 g/mol. The van der Waals surface area contributed by atoms with Gasteiger partial charge in [-0.25, -0.2) is 0 Å². The van der Waals surface area contributed by atoms with Gasteiger partial charge in [0.15, 0.2) is 0 Å². The van der Waals surface area contributed by atoms with Crippen LogP contribution in [0, 0.1) is 0 Å². The van der Waals surface area contributed by atoms with Crippen LogP contribution >= 0.6 is 0 Å². The highest BCUT2D eigenvalue weighted by Gasteiger charge is 2.09. The number of hydrogen-bond donors (Lipinski definition) is 0. The molecule has 0 heterocycles. The Bertz CT molecular complexity index is 1040. The minimum absolute atomic E-state index is 0.402. The summed E-state index contributed by atoms with van der Waals surface area (Å²) in [4.78, 5) is 0. The molecule has 24 heavy (non-hydrogen) atoms. The normalized spacial score (nSPS) is 12.1. The molecule has 4 aromatic rings. The second-order valence-corrected chi connectivity index (χ2v) is 5.61. The molecule has 118 valence electrons. The Balaban J connectivity index is 2.09. The lowest BCUT2D eigenvalue weighted by atomic mass is 9.94. The standard InChI is InChI=1S/C22H18O2/c1-23-17-9-11-19-15(13-17)5-3-7-21(19)22-8-4-6-16-14-18(24-2)10-12-20(16)22/h3-14H,1-2H3/i7D,8D. The van der Waals surface area contributed by atoms with E-state index in [2.05, 4.69) is 0 Å². The fraction of sp³-hybridized carbons (Fsp3) is 0.0909. The van der Waals surface area contributed by atoms with Crippen molar-refractivity contribution in [1.82, 2.24) is 0 Å². The first-order valence-corrected chi connectivity index (χ1v) is 7.77. The molecule has 0 fully saturated rings. The van der Waals surface area contributed by atoms with E-state index in [9.17, 15) is 0 Å². The maximum atomic E-state index is 8.50. The number of fused-ring (bicyclic) bond motifs is 2. The number of rotatable bonds is 3. The van der Waals surface area contributed by atoms with Crippen LogP contribution in [0.5, 0.6) is 11.5 Å². The highest BCUT2D eigenvalue weighted by molar-refractivity contribution is 6.05. The van der Waals surface area contributed by atoms with Crippen molar-refractivity contribution in [3.05, 3.63) is 72.7 Å². The van der Waals surface area contributed by atoms with Gasteiger partial charge in [-0.3, -0.25) is 0 Å². The Hall–Kier alpha value is -3.00. The van der Waals surface area contributed by atoms with Crippen LogP contribution < -0.4 is 9.47 Å². The Labute approximate surface area is 144 Å². The van der Waals surface area contributed by atoms with E-state index in [4.69, 9.17) is 12.2 Å². The summed E-state index contributed by atoms with van der Waals surface area (Å²) in [7, 11) is 3.28. The molecule has 0 aliphatic heterocycles. The minimum Gasteiger partial charge on any atom is -0.497 e. The van der Waals surface area contributed by atoms with Crippen molar-refractivity contribution in [3.63, 3.8) is 0 Å². The molecule has 0 saturated heterocycles.